The third-order valence-electron chi connectivity index (χ3n) is 11.1. The van der Waals surface area contributed by atoms with Gasteiger partial charge in [0, 0.05) is 16.8 Å². The molecular weight excluding hydrogens is 623 g/mol. The van der Waals surface area contributed by atoms with Crippen LogP contribution < -0.4 is 25.6 Å². The molecule has 0 bridgehead atoms. The van der Waals surface area contributed by atoms with Crippen LogP contribution in [0.1, 0.15) is 0 Å². The summed E-state index contributed by atoms with van der Waals surface area (Å²) in [5.41, 5.74) is 14.3. The van der Waals surface area contributed by atoms with Crippen molar-refractivity contribution in [3.8, 4) is 44.5 Å². The Balaban J connectivity index is 1.28. The monoisotopic (exact) mass is 661 g/mol. The largest absolute Gasteiger partial charge is 0.309 e. The van der Waals surface area contributed by atoms with Gasteiger partial charge in [-0.25, -0.2) is 0 Å². The molecule has 9 rings (SSSR count). The quantitative estimate of drug-likeness (QED) is 0.166. The van der Waals surface area contributed by atoms with Crippen molar-refractivity contribution in [2.24, 2.45) is 0 Å². The highest BCUT2D eigenvalue weighted by atomic mass is 28.3. The minimum atomic E-state index is -2.02. The summed E-state index contributed by atoms with van der Waals surface area (Å²) in [6.45, 7) is 10.1. The first-order valence-corrected chi connectivity index (χ1v) is 23.4. The molecule has 7 aromatic rings. The molecule has 0 spiro atoms. The van der Waals surface area contributed by atoms with Crippen LogP contribution in [-0.4, -0.2) is 16.1 Å². The number of fused-ring (bicyclic) bond motifs is 6. The number of hydrogen-bond donors (Lipinski definition) is 0. The number of benzene rings is 7. The van der Waals surface area contributed by atoms with Gasteiger partial charge in [0.15, 0.2) is 0 Å². The molecule has 0 unspecified atom stereocenters. The fraction of sp³-hybridized carbons (Fsp3) is 0.0870. The standard InChI is InChI=1S/C46H39NSi2/c1-48(2)42-24-14-12-21-39(42)46-41(23-15-25-43(46)48)47(40-22-13-11-20-36(40)33-18-9-6-10-19-33)35-27-29-38-37-28-26-34(32-16-7-5-8-17-32)30-44(37)49(3,4)45(38)31-35/h5-31H,1-4H3. The van der Waals surface area contributed by atoms with Crippen LogP contribution in [0.3, 0.4) is 0 Å². The number of nitrogens with zero attached hydrogens (tertiary/aromatic N) is 1. The molecule has 0 aromatic heterocycles. The normalized spacial score (nSPS) is 14.4. The second-order valence-corrected chi connectivity index (χ2v) is 23.2. The van der Waals surface area contributed by atoms with Crippen molar-refractivity contribution in [2.75, 3.05) is 4.90 Å². The minimum absolute atomic E-state index is 1.20. The highest BCUT2D eigenvalue weighted by Crippen LogP contribution is 2.46. The van der Waals surface area contributed by atoms with E-state index in [0.717, 1.165) is 0 Å². The Morgan fingerprint density at radius 3 is 1.65 bits per heavy atom. The summed E-state index contributed by atoms with van der Waals surface area (Å²) in [7, 11) is -3.90. The molecule has 0 N–H and O–H groups in total. The molecule has 0 radical (unpaired) electrons. The summed E-state index contributed by atoms with van der Waals surface area (Å²) in [5.74, 6) is 0. The van der Waals surface area contributed by atoms with Crippen molar-refractivity contribution < 1.29 is 0 Å². The molecular formula is C46H39NSi2. The van der Waals surface area contributed by atoms with Crippen LogP contribution in [0.4, 0.5) is 17.1 Å². The lowest BCUT2D eigenvalue weighted by Crippen LogP contribution is -2.49. The third-order valence-corrected chi connectivity index (χ3v) is 18.1. The first-order valence-electron chi connectivity index (χ1n) is 17.4. The lowest BCUT2D eigenvalue weighted by Gasteiger charge is -2.31. The van der Waals surface area contributed by atoms with Gasteiger partial charge in [0.2, 0.25) is 0 Å². The fourth-order valence-electron chi connectivity index (χ4n) is 8.53. The van der Waals surface area contributed by atoms with E-state index in [4.69, 9.17) is 0 Å². The van der Waals surface area contributed by atoms with Crippen LogP contribution in [0.25, 0.3) is 44.5 Å². The van der Waals surface area contributed by atoms with Crippen molar-refractivity contribution in [1.82, 2.24) is 0 Å². The molecule has 0 saturated carbocycles. The van der Waals surface area contributed by atoms with Crippen molar-refractivity contribution in [2.45, 2.75) is 26.2 Å². The molecule has 236 valence electrons. The van der Waals surface area contributed by atoms with E-state index >= 15 is 0 Å². The molecule has 0 aliphatic carbocycles. The molecule has 2 heterocycles. The Bertz CT molecular complexity index is 2390. The van der Waals surface area contributed by atoms with Crippen LogP contribution in [0.15, 0.2) is 164 Å². The third kappa shape index (κ3) is 4.57. The van der Waals surface area contributed by atoms with Gasteiger partial charge in [-0.05, 0) is 78.4 Å². The average Bonchev–Trinajstić information content (AvgIpc) is 3.52. The SMILES string of the molecule is C[Si]1(C)c2cc(-c3ccccc3)ccc2-c2ccc(N(c3ccccc3-c3ccccc3)c3cccc4c3-c3ccccc3[Si]4(C)C)cc21. The van der Waals surface area contributed by atoms with E-state index in [-0.39, 0.29) is 0 Å². The lowest BCUT2D eigenvalue weighted by molar-refractivity contribution is 1.29. The molecule has 0 atom stereocenters. The maximum atomic E-state index is 2.57. The summed E-state index contributed by atoms with van der Waals surface area (Å²) < 4.78 is 0. The Labute approximate surface area is 292 Å². The van der Waals surface area contributed by atoms with Crippen LogP contribution in [0, 0.1) is 0 Å². The molecule has 1 nitrogen and oxygen atoms in total. The second-order valence-electron chi connectivity index (χ2n) is 14.6. The van der Waals surface area contributed by atoms with Crippen LogP contribution in [0.2, 0.25) is 26.2 Å². The van der Waals surface area contributed by atoms with Crippen LogP contribution in [-0.2, 0) is 0 Å². The van der Waals surface area contributed by atoms with E-state index in [1.807, 2.05) is 0 Å². The number of para-hydroxylation sites is 1. The molecule has 0 saturated heterocycles. The second kappa shape index (κ2) is 11.2. The van der Waals surface area contributed by atoms with Gasteiger partial charge in [-0.2, -0.15) is 0 Å². The molecule has 0 amide bonds. The summed E-state index contributed by atoms with van der Waals surface area (Å²) in [4.78, 5) is 2.57. The number of hydrogen-bond acceptors (Lipinski definition) is 1. The van der Waals surface area contributed by atoms with Crippen molar-refractivity contribution in [3.05, 3.63) is 164 Å². The van der Waals surface area contributed by atoms with Gasteiger partial charge in [-0.3, -0.25) is 0 Å². The Morgan fingerprint density at radius 2 is 0.898 bits per heavy atom. The van der Waals surface area contributed by atoms with Crippen molar-refractivity contribution in [1.29, 1.82) is 0 Å². The van der Waals surface area contributed by atoms with Gasteiger partial charge < -0.3 is 4.90 Å². The Morgan fingerprint density at radius 1 is 0.347 bits per heavy atom. The van der Waals surface area contributed by atoms with Gasteiger partial charge >= 0.3 is 0 Å². The zero-order chi connectivity index (χ0) is 33.3. The Kier molecular flexibility index (Phi) is 6.81. The van der Waals surface area contributed by atoms with Crippen LogP contribution >= 0.6 is 0 Å². The molecule has 3 heteroatoms. The van der Waals surface area contributed by atoms with Gasteiger partial charge in [0.1, 0.15) is 16.1 Å². The summed E-state index contributed by atoms with van der Waals surface area (Å²) in [5, 5.41) is 6.08. The first-order chi connectivity index (χ1) is 23.8. The fourth-order valence-corrected chi connectivity index (χ4v) is 14.7. The number of rotatable bonds is 5. The number of anilines is 3. The summed E-state index contributed by atoms with van der Waals surface area (Å²) in [6, 6.07) is 61.3. The highest BCUT2D eigenvalue weighted by Gasteiger charge is 2.41. The molecule has 2 aliphatic rings. The zero-order valence-corrected chi connectivity index (χ0v) is 30.5. The van der Waals surface area contributed by atoms with Gasteiger partial charge in [0.05, 0.1) is 11.4 Å². The molecule has 49 heavy (non-hydrogen) atoms. The lowest BCUT2D eigenvalue weighted by atomic mass is 9.98. The van der Waals surface area contributed by atoms with Crippen molar-refractivity contribution >= 4 is 54.0 Å². The molecule has 7 aromatic carbocycles. The zero-order valence-electron chi connectivity index (χ0n) is 28.5. The highest BCUT2D eigenvalue weighted by molar-refractivity contribution is 7.04. The van der Waals surface area contributed by atoms with E-state index in [1.165, 1.54) is 82.3 Å². The van der Waals surface area contributed by atoms with E-state index in [1.54, 1.807) is 0 Å². The molecule has 2 aliphatic heterocycles. The van der Waals surface area contributed by atoms with E-state index < -0.39 is 16.1 Å². The predicted molar refractivity (Wildman–Crippen MR) is 216 cm³/mol. The minimum Gasteiger partial charge on any atom is -0.309 e. The van der Waals surface area contributed by atoms with Crippen molar-refractivity contribution in [3.63, 3.8) is 0 Å². The van der Waals surface area contributed by atoms with E-state index in [0.29, 0.717) is 0 Å². The Hall–Kier alpha value is -5.23. The topological polar surface area (TPSA) is 3.24 Å². The van der Waals surface area contributed by atoms with Crippen LogP contribution in [0.5, 0.6) is 0 Å². The maximum Gasteiger partial charge on any atom is 0.113 e. The summed E-state index contributed by atoms with van der Waals surface area (Å²) in [6.07, 6.45) is 0. The predicted octanol–water partition coefficient (Wildman–Crippen LogP) is 10.1. The summed E-state index contributed by atoms with van der Waals surface area (Å²) >= 11 is 0. The van der Waals surface area contributed by atoms with Gasteiger partial charge in [0.25, 0.3) is 0 Å². The molecule has 0 fully saturated rings. The van der Waals surface area contributed by atoms with Gasteiger partial charge in [-0.1, -0.05) is 166 Å². The van der Waals surface area contributed by atoms with E-state index in [9.17, 15) is 0 Å². The van der Waals surface area contributed by atoms with Gasteiger partial charge in [-0.15, -0.1) is 0 Å². The van der Waals surface area contributed by atoms with E-state index in [2.05, 4.69) is 195 Å². The first kappa shape index (κ1) is 29.9. The average molecular weight is 662 g/mol. The maximum absolute atomic E-state index is 2.57. The smallest absolute Gasteiger partial charge is 0.113 e.